The predicted octanol–water partition coefficient (Wildman–Crippen LogP) is 2.74. The summed E-state index contributed by atoms with van der Waals surface area (Å²) >= 11 is 7.25. The van der Waals surface area contributed by atoms with E-state index in [1.54, 1.807) is 5.51 Å². The van der Waals surface area contributed by atoms with Crippen LogP contribution in [0, 0.1) is 6.92 Å². The number of aromatic hydroxyl groups is 1. The summed E-state index contributed by atoms with van der Waals surface area (Å²) in [6, 6.07) is 4.36. The van der Waals surface area contributed by atoms with Gasteiger partial charge in [-0.25, -0.2) is 4.98 Å². The van der Waals surface area contributed by atoms with Gasteiger partial charge >= 0.3 is 0 Å². The van der Waals surface area contributed by atoms with Gasteiger partial charge in [0.15, 0.2) is 0 Å². The summed E-state index contributed by atoms with van der Waals surface area (Å²) in [6.07, 6.45) is 0. The molecule has 18 heavy (non-hydrogen) atoms. The highest BCUT2D eigenvalue weighted by Gasteiger charge is 2.09. The second kappa shape index (κ2) is 5.37. The molecule has 6 heteroatoms. The average molecular weight is 283 g/mol. The summed E-state index contributed by atoms with van der Waals surface area (Å²) in [5, 5.41) is 12.2. The molecule has 94 valence electrons. The van der Waals surface area contributed by atoms with Crippen LogP contribution in [0.1, 0.15) is 20.9 Å². The molecule has 0 radical (unpaired) electrons. The van der Waals surface area contributed by atoms with Gasteiger partial charge in [0, 0.05) is 10.4 Å². The van der Waals surface area contributed by atoms with Gasteiger partial charge in [-0.15, -0.1) is 11.3 Å². The van der Waals surface area contributed by atoms with Crippen LogP contribution in [0.4, 0.5) is 0 Å². The molecule has 0 saturated heterocycles. The fourth-order valence-electron chi connectivity index (χ4n) is 1.41. The van der Waals surface area contributed by atoms with Crippen LogP contribution in [-0.2, 0) is 6.54 Å². The van der Waals surface area contributed by atoms with Crippen LogP contribution in [0.5, 0.6) is 5.75 Å². The maximum Gasteiger partial charge on any atom is 0.251 e. The first-order chi connectivity index (χ1) is 8.58. The molecule has 0 aliphatic rings. The van der Waals surface area contributed by atoms with E-state index in [9.17, 15) is 9.90 Å². The summed E-state index contributed by atoms with van der Waals surface area (Å²) < 4.78 is 0. The van der Waals surface area contributed by atoms with E-state index in [4.69, 9.17) is 11.6 Å². The molecule has 0 fully saturated rings. The smallest absolute Gasteiger partial charge is 0.251 e. The number of carbonyl (C=O) groups excluding carboxylic acids is 1. The number of nitrogens with one attached hydrogen (secondary N) is 1. The maximum absolute atomic E-state index is 11.8. The van der Waals surface area contributed by atoms with Crippen molar-refractivity contribution < 1.29 is 9.90 Å². The topological polar surface area (TPSA) is 62.2 Å². The number of halogens is 1. The first-order valence-corrected chi connectivity index (χ1v) is 6.49. The lowest BCUT2D eigenvalue weighted by atomic mass is 10.2. The molecule has 2 rings (SSSR count). The van der Waals surface area contributed by atoms with Gasteiger partial charge in [0.05, 0.1) is 22.8 Å². The van der Waals surface area contributed by atoms with Crippen molar-refractivity contribution >= 4 is 28.8 Å². The minimum atomic E-state index is -0.232. The number of aryl methyl sites for hydroxylation is 1. The Bertz CT molecular complexity index is 583. The molecule has 1 amide bonds. The lowest BCUT2D eigenvalue weighted by Crippen LogP contribution is -2.22. The van der Waals surface area contributed by atoms with E-state index in [0.717, 1.165) is 10.6 Å². The van der Waals surface area contributed by atoms with E-state index in [0.29, 0.717) is 12.1 Å². The summed E-state index contributed by atoms with van der Waals surface area (Å²) in [5.41, 5.74) is 3.08. The predicted molar refractivity (Wildman–Crippen MR) is 71.1 cm³/mol. The van der Waals surface area contributed by atoms with Crippen molar-refractivity contribution in [2.24, 2.45) is 0 Å². The Balaban J connectivity index is 2.04. The molecule has 1 heterocycles. The van der Waals surface area contributed by atoms with Crippen LogP contribution in [0.2, 0.25) is 5.02 Å². The highest BCUT2D eigenvalue weighted by molar-refractivity contribution is 7.09. The Morgan fingerprint density at radius 1 is 1.56 bits per heavy atom. The molecule has 0 saturated carbocycles. The van der Waals surface area contributed by atoms with Crippen molar-refractivity contribution in [3.05, 3.63) is 44.9 Å². The zero-order valence-electron chi connectivity index (χ0n) is 9.61. The Hall–Kier alpha value is -1.59. The Morgan fingerprint density at radius 3 is 2.94 bits per heavy atom. The number of amides is 1. The van der Waals surface area contributed by atoms with Crippen molar-refractivity contribution in [1.29, 1.82) is 0 Å². The van der Waals surface area contributed by atoms with E-state index in [-0.39, 0.29) is 16.7 Å². The number of nitrogens with zero attached hydrogens (tertiary/aromatic N) is 1. The van der Waals surface area contributed by atoms with Crippen molar-refractivity contribution in [1.82, 2.24) is 10.3 Å². The monoisotopic (exact) mass is 282 g/mol. The molecule has 0 bridgehead atoms. The quantitative estimate of drug-likeness (QED) is 0.910. The maximum atomic E-state index is 11.8. The highest BCUT2D eigenvalue weighted by atomic mass is 35.5. The molecular weight excluding hydrogens is 272 g/mol. The summed E-state index contributed by atoms with van der Waals surface area (Å²) in [6.45, 7) is 2.34. The largest absolute Gasteiger partial charge is 0.506 e. The lowest BCUT2D eigenvalue weighted by Gasteiger charge is -2.05. The Kier molecular flexibility index (Phi) is 3.84. The van der Waals surface area contributed by atoms with Crippen LogP contribution >= 0.6 is 22.9 Å². The van der Waals surface area contributed by atoms with Gasteiger partial charge in [0.25, 0.3) is 5.91 Å². The number of hydrogen-bond donors (Lipinski definition) is 2. The highest BCUT2D eigenvalue weighted by Crippen LogP contribution is 2.23. The molecular formula is C12H11ClN2O2S. The molecule has 2 N–H and O–H groups in total. The van der Waals surface area contributed by atoms with Crippen molar-refractivity contribution in [3.8, 4) is 5.75 Å². The third-order valence-electron chi connectivity index (χ3n) is 2.46. The van der Waals surface area contributed by atoms with E-state index < -0.39 is 0 Å². The van der Waals surface area contributed by atoms with E-state index >= 15 is 0 Å². The minimum Gasteiger partial charge on any atom is -0.506 e. The molecule has 0 spiro atoms. The Morgan fingerprint density at radius 2 is 2.33 bits per heavy atom. The molecule has 0 unspecified atom stereocenters. The summed E-state index contributed by atoms with van der Waals surface area (Å²) in [4.78, 5) is 17.0. The van der Waals surface area contributed by atoms with E-state index in [2.05, 4.69) is 10.3 Å². The van der Waals surface area contributed by atoms with E-state index in [1.165, 1.54) is 29.5 Å². The molecule has 0 aliphatic carbocycles. The normalized spacial score (nSPS) is 10.3. The van der Waals surface area contributed by atoms with Gasteiger partial charge in [0.1, 0.15) is 5.75 Å². The second-order valence-electron chi connectivity index (χ2n) is 3.71. The zero-order valence-corrected chi connectivity index (χ0v) is 11.2. The zero-order chi connectivity index (χ0) is 13.1. The van der Waals surface area contributed by atoms with Crippen molar-refractivity contribution in [2.45, 2.75) is 13.5 Å². The second-order valence-corrected chi connectivity index (χ2v) is 5.06. The average Bonchev–Trinajstić information content (AvgIpc) is 2.75. The number of thiazole rings is 1. The lowest BCUT2D eigenvalue weighted by molar-refractivity contribution is 0.0951. The van der Waals surface area contributed by atoms with Crippen molar-refractivity contribution in [3.63, 3.8) is 0 Å². The molecule has 4 nitrogen and oxygen atoms in total. The fraction of sp³-hybridized carbons (Fsp3) is 0.167. The molecule has 0 aliphatic heterocycles. The molecule has 2 aromatic rings. The molecule has 0 atom stereocenters. The molecule has 1 aromatic carbocycles. The van der Waals surface area contributed by atoms with Crippen LogP contribution < -0.4 is 5.32 Å². The SMILES string of the molecule is Cc1ncsc1CNC(=O)c1ccc(O)c(Cl)c1. The number of hydrogen-bond acceptors (Lipinski definition) is 4. The molecule has 1 aromatic heterocycles. The van der Waals surface area contributed by atoms with Gasteiger partial charge in [-0.2, -0.15) is 0 Å². The number of carbonyl (C=O) groups is 1. The number of benzene rings is 1. The van der Waals surface area contributed by atoms with Crippen LogP contribution in [-0.4, -0.2) is 16.0 Å². The van der Waals surface area contributed by atoms with Gasteiger partial charge in [-0.3, -0.25) is 4.79 Å². The van der Waals surface area contributed by atoms with Crippen molar-refractivity contribution in [2.75, 3.05) is 0 Å². The summed E-state index contributed by atoms with van der Waals surface area (Å²) in [5.74, 6) is -0.267. The minimum absolute atomic E-state index is 0.0356. The standard InChI is InChI=1S/C12H11ClN2O2S/c1-7-11(18-6-15-7)5-14-12(17)8-2-3-10(16)9(13)4-8/h2-4,6,16H,5H2,1H3,(H,14,17). The third-order valence-corrected chi connectivity index (χ3v) is 3.70. The van der Waals surface area contributed by atoms with E-state index in [1.807, 2.05) is 6.92 Å². The van der Waals surface area contributed by atoms with Gasteiger partial charge in [-0.05, 0) is 25.1 Å². The number of phenols is 1. The van der Waals surface area contributed by atoms with Crippen LogP contribution in [0.15, 0.2) is 23.7 Å². The van der Waals surface area contributed by atoms with Crippen LogP contribution in [0.25, 0.3) is 0 Å². The van der Waals surface area contributed by atoms with Gasteiger partial charge < -0.3 is 10.4 Å². The summed E-state index contributed by atoms with van der Waals surface area (Å²) in [7, 11) is 0. The van der Waals surface area contributed by atoms with Gasteiger partial charge in [0.2, 0.25) is 0 Å². The number of rotatable bonds is 3. The van der Waals surface area contributed by atoms with Gasteiger partial charge in [-0.1, -0.05) is 11.6 Å². The Labute approximate surface area is 113 Å². The fourth-order valence-corrected chi connectivity index (χ4v) is 2.30. The number of phenolic OH excluding ortho intramolecular Hbond substituents is 1. The number of aromatic nitrogens is 1. The first-order valence-electron chi connectivity index (χ1n) is 5.23. The van der Waals surface area contributed by atoms with Crippen LogP contribution in [0.3, 0.4) is 0 Å². The first kappa shape index (κ1) is 12.9. The third kappa shape index (κ3) is 2.80.